The highest BCUT2D eigenvalue weighted by atomic mass is 16.2. The van der Waals surface area contributed by atoms with Crippen LogP contribution < -0.4 is 0 Å². The Hall–Kier alpha value is -0.570. The molecule has 2 aliphatic rings. The summed E-state index contributed by atoms with van der Waals surface area (Å²) in [6.07, 6.45) is 2.56. The summed E-state index contributed by atoms with van der Waals surface area (Å²) < 4.78 is 0. The predicted molar refractivity (Wildman–Crippen MR) is 56.0 cm³/mol. The lowest BCUT2D eigenvalue weighted by atomic mass is 9.72. The van der Waals surface area contributed by atoms with Crippen LogP contribution in [0.4, 0.5) is 0 Å². The van der Waals surface area contributed by atoms with Gasteiger partial charge in [0.25, 0.3) is 0 Å². The van der Waals surface area contributed by atoms with E-state index in [2.05, 4.69) is 11.8 Å². The second-order valence-corrected chi connectivity index (χ2v) is 4.81. The Morgan fingerprint density at radius 2 is 1.86 bits per heavy atom. The highest BCUT2D eigenvalue weighted by molar-refractivity contribution is 5.74. The van der Waals surface area contributed by atoms with Crippen molar-refractivity contribution in [2.24, 2.45) is 5.41 Å². The summed E-state index contributed by atoms with van der Waals surface area (Å²) in [5.41, 5.74) is 0.497. The van der Waals surface area contributed by atoms with E-state index in [1.165, 1.54) is 32.5 Å². The first-order valence-electron chi connectivity index (χ1n) is 5.63. The number of rotatable bonds is 1. The van der Waals surface area contributed by atoms with E-state index in [-0.39, 0.29) is 5.91 Å². The number of nitrogens with zero attached hydrogens (tertiary/aromatic N) is 2. The van der Waals surface area contributed by atoms with Crippen LogP contribution in [0.25, 0.3) is 0 Å². The molecular formula is C11H20N2O. The van der Waals surface area contributed by atoms with Gasteiger partial charge < -0.3 is 9.80 Å². The van der Waals surface area contributed by atoms with Crippen LogP contribution in [0.5, 0.6) is 0 Å². The van der Waals surface area contributed by atoms with Crippen molar-refractivity contribution in [2.45, 2.75) is 26.7 Å². The van der Waals surface area contributed by atoms with E-state index in [1.807, 2.05) is 4.90 Å². The number of likely N-dealkylation sites (tertiary alicyclic amines) is 2. The van der Waals surface area contributed by atoms with Gasteiger partial charge in [-0.2, -0.15) is 0 Å². The molecule has 2 saturated heterocycles. The van der Waals surface area contributed by atoms with Gasteiger partial charge in [0.2, 0.25) is 5.91 Å². The molecular weight excluding hydrogens is 176 g/mol. The highest BCUT2D eigenvalue weighted by Crippen LogP contribution is 2.40. The largest absolute Gasteiger partial charge is 0.342 e. The normalized spacial score (nSPS) is 26.3. The molecule has 0 aliphatic carbocycles. The molecule has 0 aromatic carbocycles. The van der Waals surface area contributed by atoms with Crippen LogP contribution in [0, 0.1) is 5.41 Å². The third kappa shape index (κ3) is 1.65. The summed E-state index contributed by atoms with van der Waals surface area (Å²) in [5, 5.41) is 0. The van der Waals surface area contributed by atoms with Crippen LogP contribution in [-0.2, 0) is 4.79 Å². The lowest BCUT2D eigenvalue weighted by molar-refractivity contribution is -0.144. The minimum atomic E-state index is 0.244. The van der Waals surface area contributed by atoms with Crippen molar-refractivity contribution in [3.63, 3.8) is 0 Å². The van der Waals surface area contributed by atoms with E-state index in [4.69, 9.17) is 0 Å². The molecule has 3 heteroatoms. The zero-order chi connectivity index (χ0) is 10.2. The molecule has 0 N–H and O–H groups in total. The van der Waals surface area contributed by atoms with Crippen molar-refractivity contribution >= 4 is 5.91 Å². The Bertz CT molecular complexity index is 223. The first kappa shape index (κ1) is 9.97. The lowest BCUT2D eigenvalue weighted by Gasteiger charge is -2.53. The molecule has 2 rings (SSSR count). The maximum Gasteiger partial charge on any atom is 0.219 e. The number of hydrogen-bond acceptors (Lipinski definition) is 2. The van der Waals surface area contributed by atoms with E-state index in [0.29, 0.717) is 5.41 Å². The van der Waals surface area contributed by atoms with Crippen LogP contribution in [0.2, 0.25) is 0 Å². The summed E-state index contributed by atoms with van der Waals surface area (Å²) in [7, 11) is 0. The quantitative estimate of drug-likeness (QED) is 0.623. The molecule has 0 unspecified atom stereocenters. The average molecular weight is 196 g/mol. The Labute approximate surface area is 86.1 Å². The first-order chi connectivity index (χ1) is 6.65. The Morgan fingerprint density at radius 3 is 2.29 bits per heavy atom. The second-order valence-electron chi connectivity index (χ2n) is 4.81. The number of amides is 1. The van der Waals surface area contributed by atoms with Crippen LogP contribution in [-0.4, -0.2) is 48.4 Å². The molecule has 2 fully saturated rings. The first-order valence-corrected chi connectivity index (χ1v) is 5.63. The van der Waals surface area contributed by atoms with Crippen molar-refractivity contribution in [1.29, 1.82) is 0 Å². The van der Waals surface area contributed by atoms with Gasteiger partial charge in [0.15, 0.2) is 0 Å². The molecule has 0 aromatic heterocycles. The Morgan fingerprint density at radius 1 is 1.29 bits per heavy atom. The molecule has 3 nitrogen and oxygen atoms in total. The van der Waals surface area contributed by atoms with Gasteiger partial charge in [-0.15, -0.1) is 0 Å². The standard InChI is InChI=1S/C11H20N2O/c1-3-12-6-4-11(5-7-12)8-13(9-11)10(2)14/h3-9H2,1-2H3. The molecule has 1 amide bonds. The topological polar surface area (TPSA) is 23.6 Å². The number of hydrogen-bond donors (Lipinski definition) is 0. The molecule has 0 aromatic rings. The maximum absolute atomic E-state index is 11.1. The van der Waals surface area contributed by atoms with Gasteiger partial charge in [-0.1, -0.05) is 6.92 Å². The number of piperidine rings is 1. The third-order valence-electron chi connectivity index (χ3n) is 3.86. The molecule has 0 bridgehead atoms. The van der Waals surface area contributed by atoms with Gasteiger partial charge in [0.1, 0.15) is 0 Å². The zero-order valence-electron chi connectivity index (χ0n) is 9.25. The molecule has 1 spiro atoms. The van der Waals surface area contributed by atoms with E-state index in [9.17, 15) is 4.79 Å². The Kier molecular flexibility index (Phi) is 2.52. The molecule has 0 radical (unpaired) electrons. The van der Waals surface area contributed by atoms with E-state index in [1.54, 1.807) is 6.92 Å². The highest BCUT2D eigenvalue weighted by Gasteiger charge is 2.45. The zero-order valence-corrected chi connectivity index (χ0v) is 9.25. The van der Waals surface area contributed by atoms with Crippen LogP contribution in [0.15, 0.2) is 0 Å². The van der Waals surface area contributed by atoms with Crippen molar-refractivity contribution in [1.82, 2.24) is 9.80 Å². The summed E-state index contributed by atoms with van der Waals surface area (Å²) >= 11 is 0. The number of carbonyl (C=O) groups is 1. The van der Waals surface area contributed by atoms with Crippen molar-refractivity contribution in [3.05, 3.63) is 0 Å². The predicted octanol–water partition coefficient (Wildman–Crippen LogP) is 0.951. The summed E-state index contributed by atoms with van der Waals surface area (Å²) in [6.45, 7) is 9.55. The van der Waals surface area contributed by atoms with Gasteiger partial charge in [0, 0.05) is 25.4 Å². The SMILES string of the molecule is CCN1CCC2(CC1)CN(C(C)=O)C2. The molecule has 80 valence electrons. The van der Waals surface area contributed by atoms with Crippen molar-refractivity contribution < 1.29 is 4.79 Å². The number of carbonyl (C=O) groups excluding carboxylic acids is 1. The fraction of sp³-hybridized carbons (Fsp3) is 0.909. The van der Waals surface area contributed by atoms with Crippen LogP contribution in [0.1, 0.15) is 26.7 Å². The van der Waals surface area contributed by atoms with E-state index >= 15 is 0 Å². The minimum Gasteiger partial charge on any atom is -0.342 e. The molecule has 0 atom stereocenters. The van der Waals surface area contributed by atoms with Gasteiger partial charge >= 0.3 is 0 Å². The van der Waals surface area contributed by atoms with E-state index in [0.717, 1.165) is 13.1 Å². The molecule has 0 saturated carbocycles. The molecule has 2 heterocycles. The summed E-state index contributed by atoms with van der Waals surface area (Å²) in [4.78, 5) is 15.6. The van der Waals surface area contributed by atoms with E-state index < -0.39 is 0 Å². The minimum absolute atomic E-state index is 0.244. The average Bonchev–Trinajstić information content (AvgIpc) is 2.14. The third-order valence-corrected chi connectivity index (χ3v) is 3.86. The van der Waals surface area contributed by atoms with Gasteiger partial charge in [0.05, 0.1) is 0 Å². The van der Waals surface area contributed by atoms with Crippen molar-refractivity contribution in [3.8, 4) is 0 Å². The monoisotopic (exact) mass is 196 g/mol. The van der Waals surface area contributed by atoms with Crippen molar-refractivity contribution in [2.75, 3.05) is 32.7 Å². The fourth-order valence-corrected chi connectivity index (χ4v) is 2.65. The Balaban J connectivity index is 1.82. The smallest absolute Gasteiger partial charge is 0.219 e. The second kappa shape index (κ2) is 3.54. The summed E-state index contributed by atoms with van der Waals surface area (Å²) in [5.74, 6) is 0.244. The van der Waals surface area contributed by atoms with Gasteiger partial charge in [-0.25, -0.2) is 0 Å². The van der Waals surface area contributed by atoms with Crippen LogP contribution in [0.3, 0.4) is 0 Å². The lowest BCUT2D eigenvalue weighted by Crippen LogP contribution is -2.61. The fourth-order valence-electron chi connectivity index (χ4n) is 2.65. The van der Waals surface area contributed by atoms with Crippen LogP contribution >= 0.6 is 0 Å². The maximum atomic E-state index is 11.1. The van der Waals surface area contributed by atoms with Gasteiger partial charge in [-0.3, -0.25) is 4.79 Å². The van der Waals surface area contributed by atoms with Gasteiger partial charge in [-0.05, 0) is 32.5 Å². The molecule has 14 heavy (non-hydrogen) atoms. The molecule has 2 aliphatic heterocycles. The summed E-state index contributed by atoms with van der Waals surface area (Å²) in [6, 6.07) is 0.